The Morgan fingerprint density at radius 2 is 1.89 bits per heavy atom. The fraction of sp³-hybridized carbons (Fsp3) is 0.350. The first-order valence-corrected chi connectivity index (χ1v) is 10.3. The van der Waals surface area contributed by atoms with Crippen molar-refractivity contribution in [3.05, 3.63) is 51.3 Å². The molecule has 6 nitrogen and oxygen atoms in total. The number of H-pyrrole nitrogens is 1. The van der Waals surface area contributed by atoms with Crippen molar-refractivity contribution in [2.45, 2.75) is 38.7 Å². The van der Waals surface area contributed by atoms with Crippen LogP contribution < -0.4 is 0 Å². The molecular weight excluding hydrogens is 402 g/mol. The number of ketones is 1. The highest BCUT2D eigenvalue weighted by Crippen LogP contribution is 2.25. The number of Topliss-reactive ketones (excluding diaryl/α,β-unsaturated/α-hetero) is 1. The Balaban J connectivity index is 2.23. The van der Waals surface area contributed by atoms with Crippen LogP contribution in [0, 0.1) is 13.8 Å². The molecule has 0 aliphatic carbocycles. The Morgan fingerprint density at radius 3 is 2.50 bits per heavy atom. The van der Waals surface area contributed by atoms with Gasteiger partial charge in [0.25, 0.3) is 0 Å². The number of hydrogen-bond acceptors (Lipinski definition) is 6. The third-order valence-electron chi connectivity index (χ3n) is 4.21. The van der Waals surface area contributed by atoms with Crippen molar-refractivity contribution >= 4 is 41.1 Å². The minimum atomic E-state index is -1.06. The van der Waals surface area contributed by atoms with Gasteiger partial charge in [0.1, 0.15) is 0 Å². The van der Waals surface area contributed by atoms with E-state index >= 15 is 0 Å². The average molecular weight is 424 g/mol. The maximum absolute atomic E-state index is 12.8. The van der Waals surface area contributed by atoms with Crippen LogP contribution in [0.1, 0.15) is 56.3 Å². The second-order valence-electron chi connectivity index (χ2n) is 6.10. The Hall–Kier alpha value is -2.25. The van der Waals surface area contributed by atoms with E-state index in [4.69, 9.17) is 21.1 Å². The van der Waals surface area contributed by atoms with Crippen molar-refractivity contribution in [2.24, 2.45) is 0 Å². The van der Waals surface area contributed by atoms with Gasteiger partial charge in [-0.25, -0.2) is 9.59 Å². The zero-order valence-corrected chi connectivity index (χ0v) is 17.9. The van der Waals surface area contributed by atoms with Gasteiger partial charge in [0, 0.05) is 10.6 Å². The van der Waals surface area contributed by atoms with E-state index in [1.807, 2.05) is 6.26 Å². The summed E-state index contributed by atoms with van der Waals surface area (Å²) in [5.74, 6) is -1.63. The second kappa shape index (κ2) is 9.30. The first-order chi connectivity index (χ1) is 13.2. The molecule has 1 N–H and O–H groups in total. The normalized spacial score (nSPS) is 11.8. The molecule has 2 rings (SSSR count). The summed E-state index contributed by atoms with van der Waals surface area (Å²) in [6, 6.07) is 5.02. The average Bonchev–Trinajstić information content (AvgIpc) is 2.95. The van der Waals surface area contributed by atoms with Gasteiger partial charge < -0.3 is 14.5 Å². The van der Waals surface area contributed by atoms with Crippen LogP contribution in [0.15, 0.2) is 23.1 Å². The monoisotopic (exact) mass is 423 g/mol. The van der Waals surface area contributed by atoms with Crippen molar-refractivity contribution in [3.63, 3.8) is 0 Å². The predicted octanol–water partition coefficient (Wildman–Crippen LogP) is 4.61. The molecule has 1 aromatic carbocycles. The minimum absolute atomic E-state index is 0.194. The van der Waals surface area contributed by atoms with Gasteiger partial charge in [-0.3, -0.25) is 4.79 Å². The van der Waals surface area contributed by atoms with E-state index in [-0.39, 0.29) is 22.9 Å². The molecule has 0 saturated heterocycles. The summed E-state index contributed by atoms with van der Waals surface area (Å²) < 4.78 is 10.4. The Morgan fingerprint density at radius 1 is 1.21 bits per heavy atom. The van der Waals surface area contributed by atoms with Crippen molar-refractivity contribution in [3.8, 4) is 0 Å². The van der Waals surface area contributed by atoms with Crippen LogP contribution in [0.25, 0.3) is 0 Å². The van der Waals surface area contributed by atoms with Gasteiger partial charge in [0.15, 0.2) is 6.10 Å². The maximum Gasteiger partial charge on any atom is 0.340 e. The number of halogens is 1. The predicted molar refractivity (Wildman–Crippen MR) is 109 cm³/mol. The van der Waals surface area contributed by atoms with Crippen molar-refractivity contribution in [1.82, 2.24) is 4.98 Å². The first kappa shape index (κ1) is 22.0. The molecule has 0 fully saturated rings. The smallest absolute Gasteiger partial charge is 0.340 e. The quantitative estimate of drug-likeness (QED) is 0.397. The van der Waals surface area contributed by atoms with Crippen LogP contribution in [-0.4, -0.2) is 41.7 Å². The molecule has 150 valence electrons. The summed E-state index contributed by atoms with van der Waals surface area (Å²) in [7, 11) is 0. The Kier molecular flexibility index (Phi) is 7.32. The van der Waals surface area contributed by atoms with Crippen LogP contribution in [0.5, 0.6) is 0 Å². The molecule has 0 bridgehead atoms. The number of rotatable bonds is 7. The third-order valence-corrected chi connectivity index (χ3v) is 5.26. The van der Waals surface area contributed by atoms with E-state index in [2.05, 4.69) is 4.98 Å². The molecule has 28 heavy (non-hydrogen) atoms. The van der Waals surface area contributed by atoms with Crippen LogP contribution in [0.4, 0.5) is 0 Å². The fourth-order valence-electron chi connectivity index (χ4n) is 2.77. The third kappa shape index (κ3) is 4.59. The zero-order chi connectivity index (χ0) is 21.0. The lowest BCUT2D eigenvalue weighted by molar-refractivity contribution is 0.0316. The van der Waals surface area contributed by atoms with Gasteiger partial charge in [-0.1, -0.05) is 11.6 Å². The van der Waals surface area contributed by atoms with E-state index in [9.17, 15) is 14.4 Å². The number of benzene rings is 1. The number of hydrogen-bond donors (Lipinski definition) is 1. The topological polar surface area (TPSA) is 85.5 Å². The first-order valence-electron chi connectivity index (χ1n) is 8.66. The van der Waals surface area contributed by atoms with Crippen molar-refractivity contribution < 1.29 is 23.9 Å². The molecule has 8 heteroatoms. The van der Waals surface area contributed by atoms with Gasteiger partial charge >= 0.3 is 11.9 Å². The number of ether oxygens (including phenoxy) is 2. The number of thioether (sulfide) groups is 1. The number of carbonyl (C=O) groups excluding carboxylic acids is 3. The lowest BCUT2D eigenvalue weighted by atomic mass is 10.1. The van der Waals surface area contributed by atoms with Crippen LogP contribution in [-0.2, 0) is 9.47 Å². The molecule has 0 spiro atoms. The standard InChI is InChI=1S/C20H22ClNO5S/c1-6-26-20(25)16-10(2)17(22-11(16)3)18(23)12(4)27-19(24)14-9-13(28-5)7-8-15(14)21/h7-9,12,22H,6H2,1-5H3/t12-/m0/s1. The highest BCUT2D eigenvalue weighted by atomic mass is 35.5. The molecule has 0 aliphatic rings. The summed E-state index contributed by atoms with van der Waals surface area (Å²) in [5, 5.41) is 0.249. The number of aryl methyl sites for hydroxylation is 1. The number of esters is 2. The summed E-state index contributed by atoms with van der Waals surface area (Å²) in [6.07, 6.45) is 0.815. The summed E-state index contributed by atoms with van der Waals surface area (Å²) >= 11 is 7.55. The lowest BCUT2D eigenvalue weighted by Crippen LogP contribution is -2.25. The molecule has 2 aromatic rings. The molecule has 0 saturated carbocycles. The number of nitrogens with one attached hydrogen (secondary N) is 1. The largest absolute Gasteiger partial charge is 0.462 e. The lowest BCUT2D eigenvalue weighted by Gasteiger charge is -2.13. The fourth-order valence-corrected chi connectivity index (χ4v) is 3.41. The van der Waals surface area contributed by atoms with Gasteiger partial charge in [0.2, 0.25) is 5.78 Å². The van der Waals surface area contributed by atoms with Gasteiger partial charge in [-0.2, -0.15) is 0 Å². The number of carbonyl (C=O) groups is 3. The van der Waals surface area contributed by atoms with Gasteiger partial charge in [-0.15, -0.1) is 11.8 Å². The second-order valence-corrected chi connectivity index (χ2v) is 7.39. The Labute approximate surface area is 172 Å². The highest BCUT2D eigenvalue weighted by molar-refractivity contribution is 7.98. The number of aromatic amines is 1. The van der Waals surface area contributed by atoms with Crippen LogP contribution in [0.3, 0.4) is 0 Å². The molecule has 1 heterocycles. The zero-order valence-electron chi connectivity index (χ0n) is 16.3. The van der Waals surface area contributed by atoms with Crippen molar-refractivity contribution in [2.75, 3.05) is 12.9 Å². The summed E-state index contributed by atoms with van der Waals surface area (Å²) in [6.45, 7) is 6.75. The van der Waals surface area contributed by atoms with E-state index < -0.39 is 23.8 Å². The molecule has 0 radical (unpaired) electrons. The molecule has 1 atom stereocenters. The maximum atomic E-state index is 12.8. The van der Waals surface area contributed by atoms with E-state index in [0.29, 0.717) is 16.8 Å². The van der Waals surface area contributed by atoms with E-state index in [0.717, 1.165) is 4.90 Å². The summed E-state index contributed by atoms with van der Waals surface area (Å²) in [5.41, 5.74) is 1.71. The highest BCUT2D eigenvalue weighted by Gasteiger charge is 2.28. The summed E-state index contributed by atoms with van der Waals surface area (Å²) in [4.78, 5) is 41.1. The van der Waals surface area contributed by atoms with Gasteiger partial charge in [-0.05, 0) is 57.7 Å². The molecule has 0 unspecified atom stereocenters. The molecular formula is C20H22ClNO5S. The van der Waals surface area contributed by atoms with Crippen molar-refractivity contribution in [1.29, 1.82) is 0 Å². The van der Waals surface area contributed by atoms with E-state index in [1.165, 1.54) is 18.7 Å². The van der Waals surface area contributed by atoms with E-state index in [1.54, 1.807) is 39.0 Å². The molecule has 1 aromatic heterocycles. The molecule has 0 amide bonds. The molecule has 0 aliphatic heterocycles. The SMILES string of the molecule is CCOC(=O)c1c(C)[nH]c(C(=O)[C@H](C)OC(=O)c2cc(SC)ccc2Cl)c1C. The Bertz CT molecular complexity index is 922. The number of aromatic nitrogens is 1. The van der Waals surface area contributed by atoms with Crippen LogP contribution >= 0.6 is 23.4 Å². The van der Waals surface area contributed by atoms with Crippen LogP contribution in [0.2, 0.25) is 5.02 Å². The minimum Gasteiger partial charge on any atom is -0.462 e. The van der Waals surface area contributed by atoms with Gasteiger partial charge in [0.05, 0.1) is 28.5 Å².